The molecular formula is C15H20N2O. The lowest BCUT2D eigenvalue weighted by atomic mass is 9.92. The number of likely N-dealkylation sites (tertiary alicyclic amines) is 1. The standard InChI is InChI=1S/C15H20N2O/c1-12(18)13-6-8-17(9-7-13)11-15-5-3-2-4-14(15)10-16/h2-5,12-13,18H,6-9,11H2,1H3. The molecule has 1 aromatic rings. The summed E-state index contributed by atoms with van der Waals surface area (Å²) in [6.45, 7) is 4.74. The van der Waals surface area contributed by atoms with Gasteiger partial charge in [0, 0.05) is 6.54 Å². The van der Waals surface area contributed by atoms with E-state index >= 15 is 0 Å². The van der Waals surface area contributed by atoms with Crippen molar-refractivity contribution in [2.75, 3.05) is 13.1 Å². The van der Waals surface area contributed by atoms with E-state index < -0.39 is 0 Å². The third kappa shape index (κ3) is 3.10. The van der Waals surface area contributed by atoms with Gasteiger partial charge in [-0.05, 0) is 50.4 Å². The second-order valence-electron chi connectivity index (χ2n) is 5.12. The first-order valence-electron chi connectivity index (χ1n) is 6.59. The predicted octanol–water partition coefficient (Wildman–Crippen LogP) is 2.15. The fourth-order valence-corrected chi connectivity index (χ4v) is 2.60. The maximum absolute atomic E-state index is 9.57. The van der Waals surface area contributed by atoms with Gasteiger partial charge in [-0.15, -0.1) is 0 Å². The zero-order valence-electron chi connectivity index (χ0n) is 10.8. The van der Waals surface area contributed by atoms with Gasteiger partial charge in [0.05, 0.1) is 17.7 Å². The van der Waals surface area contributed by atoms with Crippen LogP contribution in [0.1, 0.15) is 30.9 Å². The average Bonchev–Trinajstić information content (AvgIpc) is 2.40. The summed E-state index contributed by atoms with van der Waals surface area (Å²) < 4.78 is 0. The van der Waals surface area contributed by atoms with Crippen LogP contribution < -0.4 is 0 Å². The molecular weight excluding hydrogens is 224 g/mol. The molecule has 1 aromatic carbocycles. The Morgan fingerprint density at radius 1 is 1.39 bits per heavy atom. The van der Waals surface area contributed by atoms with Crippen molar-refractivity contribution in [3.8, 4) is 6.07 Å². The molecule has 0 aromatic heterocycles. The zero-order valence-corrected chi connectivity index (χ0v) is 10.8. The van der Waals surface area contributed by atoms with Crippen LogP contribution in [0, 0.1) is 17.2 Å². The van der Waals surface area contributed by atoms with Crippen LogP contribution in [0.2, 0.25) is 0 Å². The van der Waals surface area contributed by atoms with Crippen LogP contribution in [-0.2, 0) is 6.54 Å². The van der Waals surface area contributed by atoms with Crippen molar-refractivity contribution in [1.82, 2.24) is 4.90 Å². The lowest BCUT2D eigenvalue weighted by molar-refractivity contribution is 0.0695. The molecule has 0 saturated carbocycles. The predicted molar refractivity (Wildman–Crippen MR) is 70.8 cm³/mol. The van der Waals surface area contributed by atoms with E-state index in [4.69, 9.17) is 5.26 Å². The highest BCUT2D eigenvalue weighted by Gasteiger charge is 2.22. The maximum Gasteiger partial charge on any atom is 0.0995 e. The molecule has 1 heterocycles. The van der Waals surface area contributed by atoms with Crippen molar-refractivity contribution in [3.63, 3.8) is 0 Å². The van der Waals surface area contributed by atoms with Crippen LogP contribution in [-0.4, -0.2) is 29.2 Å². The Bertz CT molecular complexity index is 428. The normalized spacial score (nSPS) is 19.4. The number of aliphatic hydroxyl groups is 1. The van der Waals surface area contributed by atoms with Gasteiger partial charge >= 0.3 is 0 Å². The number of rotatable bonds is 3. The Morgan fingerprint density at radius 3 is 2.67 bits per heavy atom. The molecule has 1 aliphatic heterocycles. The topological polar surface area (TPSA) is 47.3 Å². The minimum atomic E-state index is -0.196. The number of benzene rings is 1. The summed E-state index contributed by atoms with van der Waals surface area (Å²) in [5.41, 5.74) is 1.88. The first kappa shape index (κ1) is 13.1. The number of piperidine rings is 1. The van der Waals surface area contributed by atoms with Crippen LogP contribution >= 0.6 is 0 Å². The van der Waals surface area contributed by atoms with Crippen molar-refractivity contribution >= 4 is 0 Å². The van der Waals surface area contributed by atoms with E-state index in [1.807, 2.05) is 31.2 Å². The molecule has 0 spiro atoms. The van der Waals surface area contributed by atoms with Crippen LogP contribution in [0.4, 0.5) is 0 Å². The average molecular weight is 244 g/mol. The molecule has 0 radical (unpaired) electrons. The van der Waals surface area contributed by atoms with Crippen LogP contribution in [0.15, 0.2) is 24.3 Å². The van der Waals surface area contributed by atoms with Crippen molar-refractivity contribution < 1.29 is 5.11 Å². The molecule has 1 unspecified atom stereocenters. The third-order valence-corrected chi connectivity index (χ3v) is 3.85. The second kappa shape index (κ2) is 5.99. The van der Waals surface area contributed by atoms with Crippen molar-refractivity contribution in [3.05, 3.63) is 35.4 Å². The summed E-state index contributed by atoms with van der Waals surface area (Å²) in [6, 6.07) is 10.0. The summed E-state index contributed by atoms with van der Waals surface area (Å²) in [4.78, 5) is 2.37. The second-order valence-corrected chi connectivity index (χ2v) is 5.12. The fraction of sp³-hybridized carbons (Fsp3) is 0.533. The summed E-state index contributed by atoms with van der Waals surface area (Å²) in [7, 11) is 0. The monoisotopic (exact) mass is 244 g/mol. The highest BCUT2D eigenvalue weighted by atomic mass is 16.3. The van der Waals surface area contributed by atoms with E-state index in [0.29, 0.717) is 5.92 Å². The van der Waals surface area contributed by atoms with Gasteiger partial charge in [-0.1, -0.05) is 18.2 Å². The highest BCUT2D eigenvalue weighted by molar-refractivity contribution is 5.37. The van der Waals surface area contributed by atoms with Crippen LogP contribution in [0.5, 0.6) is 0 Å². The van der Waals surface area contributed by atoms with Crippen molar-refractivity contribution in [2.45, 2.75) is 32.4 Å². The molecule has 96 valence electrons. The van der Waals surface area contributed by atoms with Gasteiger partial charge < -0.3 is 5.11 Å². The molecule has 1 aliphatic rings. The Morgan fingerprint density at radius 2 is 2.06 bits per heavy atom. The smallest absolute Gasteiger partial charge is 0.0995 e. The van der Waals surface area contributed by atoms with Crippen LogP contribution in [0.3, 0.4) is 0 Å². The molecule has 3 nitrogen and oxygen atoms in total. The fourth-order valence-electron chi connectivity index (χ4n) is 2.60. The van der Waals surface area contributed by atoms with Gasteiger partial charge in [0.25, 0.3) is 0 Å². The molecule has 3 heteroatoms. The first-order valence-corrected chi connectivity index (χ1v) is 6.59. The number of nitriles is 1. The van der Waals surface area contributed by atoms with Gasteiger partial charge in [0.1, 0.15) is 0 Å². The van der Waals surface area contributed by atoms with E-state index in [2.05, 4.69) is 11.0 Å². The van der Waals surface area contributed by atoms with Crippen LogP contribution in [0.25, 0.3) is 0 Å². The molecule has 18 heavy (non-hydrogen) atoms. The molecule has 0 bridgehead atoms. The molecule has 0 amide bonds. The third-order valence-electron chi connectivity index (χ3n) is 3.85. The van der Waals surface area contributed by atoms with Gasteiger partial charge in [-0.25, -0.2) is 0 Å². The van der Waals surface area contributed by atoms with Crippen molar-refractivity contribution in [2.24, 2.45) is 5.92 Å². The first-order chi connectivity index (χ1) is 8.70. The number of hydrogen-bond donors (Lipinski definition) is 1. The summed E-state index contributed by atoms with van der Waals surface area (Å²) in [5, 5.41) is 18.6. The quantitative estimate of drug-likeness (QED) is 0.886. The van der Waals surface area contributed by atoms with E-state index in [1.165, 1.54) is 0 Å². The van der Waals surface area contributed by atoms with E-state index in [1.54, 1.807) is 0 Å². The summed E-state index contributed by atoms with van der Waals surface area (Å²) >= 11 is 0. The minimum absolute atomic E-state index is 0.196. The Labute approximate surface area is 109 Å². The van der Waals surface area contributed by atoms with Gasteiger partial charge in [0.15, 0.2) is 0 Å². The number of aliphatic hydroxyl groups excluding tert-OH is 1. The Kier molecular flexibility index (Phi) is 4.35. The largest absolute Gasteiger partial charge is 0.393 e. The maximum atomic E-state index is 9.57. The molecule has 1 N–H and O–H groups in total. The Hall–Kier alpha value is -1.37. The van der Waals surface area contributed by atoms with Crippen molar-refractivity contribution in [1.29, 1.82) is 5.26 Å². The van der Waals surface area contributed by atoms with E-state index in [9.17, 15) is 5.11 Å². The molecule has 0 aliphatic carbocycles. The zero-order chi connectivity index (χ0) is 13.0. The highest BCUT2D eigenvalue weighted by Crippen LogP contribution is 2.22. The minimum Gasteiger partial charge on any atom is -0.393 e. The SMILES string of the molecule is CC(O)C1CCN(Cc2ccccc2C#N)CC1. The van der Waals surface area contributed by atoms with E-state index in [-0.39, 0.29) is 6.10 Å². The lowest BCUT2D eigenvalue weighted by Crippen LogP contribution is -2.36. The Balaban J connectivity index is 1.94. The molecule has 1 fully saturated rings. The summed E-state index contributed by atoms with van der Waals surface area (Å²) in [6.07, 6.45) is 1.90. The molecule has 1 atom stereocenters. The molecule has 2 rings (SSSR count). The number of hydrogen-bond acceptors (Lipinski definition) is 3. The van der Waals surface area contributed by atoms with E-state index in [0.717, 1.165) is 43.6 Å². The van der Waals surface area contributed by atoms with Gasteiger partial charge in [-0.3, -0.25) is 4.90 Å². The van der Waals surface area contributed by atoms with Gasteiger partial charge in [-0.2, -0.15) is 5.26 Å². The van der Waals surface area contributed by atoms with Gasteiger partial charge in [0.2, 0.25) is 0 Å². The number of nitrogens with zero attached hydrogens (tertiary/aromatic N) is 2. The molecule has 1 saturated heterocycles. The lowest BCUT2D eigenvalue weighted by Gasteiger charge is -2.33. The summed E-state index contributed by atoms with van der Waals surface area (Å²) in [5.74, 6) is 0.437.